The molecule has 1 fully saturated rings. The summed E-state index contributed by atoms with van der Waals surface area (Å²) in [6, 6.07) is 22.6. The molecule has 0 N–H and O–H groups in total. The van der Waals surface area contributed by atoms with Crippen LogP contribution in [0, 0.1) is 5.82 Å². The van der Waals surface area contributed by atoms with Gasteiger partial charge in [0.25, 0.3) is 16.0 Å². The van der Waals surface area contributed by atoms with E-state index in [0.29, 0.717) is 18.7 Å². The number of hydrogen-bond donors (Lipinski definition) is 0. The van der Waals surface area contributed by atoms with Gasteiger partial charge in [0.1, 0.15) is 29.9 Å². The van der Waals surface area contributed by atoms with E-state index in [2.05, 4.69) is 0 Å². The zero-order valence-corrected chi connectivity index (χ0v) is 21.1. The first-order valence-electron chi connectivity index (χ1n) is 12.1. The van der Waals surface area contributed by atoms with E-state index in [1.54, 1.807) is 29.2 Å². The molecule has 0 saturated carbocycles. The number of benzene rings is 3. The summed E-state index contributed by atoms with van der Waals surface area (Å²) < 4.78 is 55.0. The summed E-state index contributed by atoms with van der Waals surface area (Å²) in [4.78, 5) is 15.6. The quantitative estimate of drug-likeness (QED) is 0.455. The third kappa shape index (κ3) is 5.84. The number of carbonyl (C=O) groups excluding carboxylic acids is 1. The lowest BCUT2D eigenvalue weighted by molar-refractivity contribution is -0.160. The van der Waals surface area contributed by atoms with Gasteiger partial charge in [0.05, 0.1) is 18.9 Å². The Labute approximate surface area is 215 Å². The monoisotopic (exact) mass is 525 g/mol. The minimum absolute atomic E-state index is 0.0116. The molecule has 1 amide bonds. The zero-order chi connectivity index (χ0) is 26.0. The second-order valence-corrected chi connectivity index (χ2v) is 10.9. The minimum atomic E-state index is -3.82. The first kappa shape index (κ1) is 25.4. The summed E-state index contributed by atoms with van der Waals surface area (Å²) in [6.07, 6.45) is -0.885. The number of para-hydroxylation sites is 1. The highest BCUT2D eigenvalue weighted by Crippen LogP contribution is 2.37. The normalized spacial score (nSPS) is 23.8. The highest BCUT2D eigenvalue weighted by molar-refractivity contribution is 7.86. The third-order valence-corrected chi connectivity index (χ3v) is 7.28. The molecule has 0 spiro atoms. The first-order chi connectivity index (χ1) is 17.8. The van der Waals surface area contributed by atoms with Gasteiger partial charge in [0, 0.05) is 13.0 Å². The van der Waals surface area contributed by atoms with Crippen LogP contribution >= 0.6 is 0 Å². The van der Waals surface area contributed by atoms with Crippen LogP contribution in [0.1, 0.15) is 29.2 Å². The van der Waals surface area contributed by atoms with E-state index in [9.17, 15) is 17.6 Å². The van der Waals surface area contributed by atoms with E-state index >= 15 is 0 Å². The van der Waals surface area contributed by atoms with Gasteiger partial charge in [-0.25, -0.2) is 4.39 Å². The zero-order valence-electron chi connectivity index (χ0n) is 20.3. The molecule has 37 heavy (non-hydrogen) atoms. The molecule has 2 aliphatic rings. The maximum atomic E-state index is 13.9. The molecule has 0 radical (unpaired) electrons. The molecule has 2 aliphatic heterocycles. The van der Waals surface area contributed by atoms with E-state index in [4.69, 9.17) is 13.7 Å². The van der Waals surface area contributed by atoms with E-state index < -0.39 is 34.5 Å². The first-order valence-corrected chi connectivity index (χ1v) is 14.0. The van der Waals surface area contributed by atoms with Crippen LogP contribution in [-0.4, -0.2) is 56.9 Å². The van der Waals surface area contributed by atoms with Gasteiger partial charge >= 0.3 is 0 Å². The second kappa shape index (κ2) is 10.6. The molecule has 3 aromatic rings. The predicted molar refractivity (Wildman–Crippen MR) is 135 cm³/mol. The van der Waals surface area contributed by atoms with E-state index in [1.807, 2.05) is 42.5 Å². The van der Waals surface area contributed by atoms with Crippen molar-refractivity contribution in [2.24, 2.45) is 0 Å². The van der Waals surface area contributed by atoms with Crippen LogP contribution in [-0.2, 0) is 30.3 Å². The van der Waals surface area contributed by atoms with Crippen molar-refractivity contribution in [1.29, 1.82) is 0 Å². The van der Waals surface area contributed by atoms with Crippen molar-refractivity contribution >= 4 is 16.0 Å². The van der Waals surface area contributed by atoms with Gasteiger partial charge in [-0.2, -0.15) is 8.42 Å². The highest BCUT2D eigenvalue weighted by Gasteiger charge is 2.42. The molecule has 5 rings (SSSR count). The Morgan fingerprint density at radius 1 is 0.973 bits per heavy atom. The Morgan fingerprint density at radius 2 is 1.68 bits per heavy atom. The summed E-state index contributed by atoms with van der Waals surface area (Å²) in [5.74, 6) is -0.0809. The van der Waals surface area contributed by atoms with Gasteiger partial charge in [-0.05, 0) is 47.4 Å². The fraction of sp³-hybridized carbons (Fsp3) is 0.321. The lowest BCUT2D eigenvalue weighted by Crippen LogP contribution is -2.53. The van der Waals surface area contributed by atoms with Gasteiger partial charge in [-0.1, -0.05) is 54.6 Å². The fourth-order valence-electron chi connectivity index (χ4n) is 5.02. The molecule has 1 saturated heterocycles. The van der Waals surface area contributed by atoms with Crippen molar-refractivity contribution in [3.05, 3.63) is 101 Å². The summed E-state index contributed by atoms with van der Waals surface area (Å²) >= 11 is 0. The lowest BCUT2D eigenvalue weighted by atomic mass is 9.87. The SMILES string of the molecule is CS(=O)(=O)O[C@H]1C[C@H](C(=O)N2CCc3ccccc3[C@@H]2c2ccc(F)cc2)OC[C@@H]1Oc1ccccc1. The van der Waals surface area contributed by atoms with Gasteiger partial charge in [-0.3, -0.25) is 8.98 Å². The number of amides is 1. The molecule has 0 bridgehead atoms. The van der Waals surface area contributed by atoms with Crippen molar-refractivity contribution in [2.75, 3.05) is 19.4 Å². The standard InChI is InChI=1S/C28H28FNO6S/c1-37(32,33)36-24-17-25(34-18-26(24)35-22-8-3-2-4-9-22)28(31)30-16-15-19-7-5-6-10-23(19)27(30)20-11-13-21(29)14-12-20/h2-14,24-27H,15-18H2,1H3/t24-,25+,26-,27-/m0/s1. The van der Waals surface area contributed by atoms with Gasteiger partial charge in [-0.15, -0.1) is 0 Å². The minimum Gasteiger partial charge on any atom is -0.485 e. The number of ether oxygens (including phenoxy) is 2. The van der Waals surface area contributed by atoms with Crippen LogP contribution in [0.25, 0.3) is 0 Å². The largest absolute Gasteiger partial charge is 0.485 e. The van der Waals surface area contributed by atoms with Gasteiger partial charge < -0.3 is 14.4 Å². The van der Waals surface area contributed by atoms with Gasteiger partial charge in [0.2, 0.25) is 0 Å². The van der Waals surface area contributed by atoms with Crippen LogP contribution in [0.4, 0.5) is 4.39 Å². The van der Waals surface area contributed by atoms with Crippen molar-refractivity contribution in [3.8, 4) is 5.75 Å². The molecule has 0 aromatic heterocycles. The molecular weight excluding hydrogens is 497 g/mol. The molecule has 4 atom stereocenters. The molecule has 9 heteroatoms. The van der Waals surface area contributed by atoms with E-state index in [1.165, 1.54) is 12.1 Å². The molecule has 3 aromatic carbocycles. The van der Waals surface area contributed by atoms with E-state index in [0.717, 1.165) is 22.9 Å². The van der Waals surface area contributed by atoms with E-state index in [-0.39, 0.29) is 24.8 Å². The Morgan fingerprint density at radius 3 is 2.41 bits per heavy atom. The summed E-state index contributed by atoms with van der Waals surface area (Å²) in [7, 11) is -3.82. The summed E-state index contributed by atoms with van der Waals surface area (Å²) in [5.41, 5.74) is 2.88. The average molecular weight is 526 g/mol. The third-order valence-electron chi connectivity index (χ3n) is 6.68. The summed E-state index contributed by atoms with van der Waals surface area (Å²) in [6.45, 7) is 0.427. The Hall–Kier alpha value is -3.27. The molecule has 7 nitrogen and oxygen atoms in total. The molecular formula is C28H28FNO6S. The van der Waals surface area contributed by atoms with Crippen LogP contribution in [0.2, 0.25) is 0 Å². The average Bonchev–Trinajstić information content (AvgIpc) is 2.89. The number of carbonyl (C=O) groups is 1. The topological polar surface area (TPSA) is 82.1 Å². The number of fused-ring (bicyclic) bond motifs is 1. The lowest BCUT2D eigenvalue weighted by Gasteiger charge is -2.41. The Balaban J connectivity index is 1.41. The molecule has 0 aliphatic carbocycles. The second-order valence-electron chi connectivity index (χ2n) is 9.30. The highest BCUT2D eigenvalue weighted by atomic mass is 32.2. The van der Waals surface area contributed by atoms with Crippen molar-refractivity contribution < 1.29 is 31.3 Å². The molecule has 0 unspecified atom stereocenters. The van der Waals surface area contributed by atoms with Crippen molar-refractivity contribution in [1.82, 2.24) is 4.90 Å². The van der Waals surface area contributed by atoms with Crippen LogP contribution in [0.3, 0.4) is 0 Å². The Kier molecular flexibility index (Phi) is 7.28. The van der Waals surface area contributed by atoms with Crippen LogP contribution < -0.4 is 4.74 Å². The maximum absolute atomic E-state index is 13.9. The smallest absolute Gasteiger partial charge is 0.264 e. The van der Waals surface area contributed by atoms with Crippen molar-refractivity contribution in [3.63, 3.8) is 0 Å². The number of rotatable bonds is 6. The van der Waals surface area contributed by atoms with Crippen LogP contribution in [0.5, 0.6) is 5.75 Å². The number of nitrogens with zero attached hydrogens (tertiary/aromatic N) is 1. The number of hydrogen-bond acceptors (Lipinski definition) is 6. The van der Waals surface area contributed by atoms with Crippen molar-refractivity contribution in [2.45, 2.75) is 37.2 Å². The van der Waals surface area contributed by atoms with Gasteiger partial charge in [0.15, 0.2) is 0 Å². The number of halogens is 1. The predicted octanol–water partition coefficient (Wildman–Crippen LogP) is 3.88. The van der Waals surface area contributed by atoms with Crippen LogP contribution in [0.15, 0.2) is 78.9 Å². The summed E-state index contributed by atoms with van der Waals surface area (Å²) in [5, 5.41) is 0. The molecule has 2 heterocycles. The Bertz CT molecular complexity index is 1350. The maximum Gasteiger partial charge on any atom is 0.264 e. The molecule has 194 valence electrons. The fourth-order valence-corrected chi connectivity index (χ4v) is 5.68.